The molecule has 0 bridgehead atoms. The molecule has 1 aromatic heterocycles. The van der Waals surface area contributed by atoms with Crippen LogP contribution >= 0.6 is 40.7 Å². The van der Waals surface area contributed by atoms with Gasteiger partial charge in [0, 0.05) is 34.2 Å². The molecule has 0 radical (unpaired) electrons. The van der Waals surface area contributed by atoms with Gasteiger partial charge in [-0.3, -0.25) is 0 Å². The van der Waals surface area contributed by atoms with E-state index < -0.39 is 0 Å². The second-order valence-electron chi connectivity index (χ2n) is 6.30. The number of piperidine rings is 1. The zero-order valence-corrected chi connectivity index (χ0v) is 17.8. The van der Waals surface area contributed by atoms with Crippen LogP contribution in [0.5, 0.6) is 0 Å². The van der Waals surface area contributed by atoms with Crippen molar-refractivity contribution >= 4 is 57.6 Å². The molecule has 2 aromatic rings. The second kappa shape index (κ2) is 10.5. The number of hydrogen-bond donors (Lipinski definition) is 2. The number of rotatable bonds is 5. The summed E-state index contributed by atoms with van der Waals surface area (Å²) in [6.45, 7) is 1.79. The molecule has 0 unspecified atom stereocenters. The number of esters is 1. The Morgan fingerprint density at radius 1 is 1.42 bits per heavy atom. The van der Waals surface area contributed by atoms with Crippen molar-refractivity contribution in [1.82, 2.24) is 9.88 Å². The van der Waals surface area contributed by atoms with E-state index in [-0.39, 0.29) is 42.9 Å². The number of halogens is 3. The summed E-state index contributed by atoms with van der Waals surface area (Å²) in [4.78, 5) is 12.0. The van der Waals surface area contributed by atoms with E-state index in [2.05, 4.69) is 25.8 Å². The van der Waals surface area contributed by atoms with Crippen molar-refractivity contribution in [3.8, 4) is 0 Å². The van der Waals surface area contributed by atoms with Crippen LogP contribution < -0.4 is 5.32 Å². The minimum absolute atomic E-state index is 0. The quantitative estimate of drug-likeness (QED) is 0.654. The molecule has 5 nitrogen and oxygen atoms in total. The lowest BCUT2D eigenvalue weighted by molar-refractivity contribution is 0.0602. The average molecular weight is 468 g/mol. The first-order valence-corrected chi connectivity index (χ1v) is 9.17. The molecule has 2 atom stereocenters. The van der Waals surface area contributed by atoms with Crippen LogP contribution in [0.4, 0.5) is 0 Å². The molecule has 26 heavy (non-hydrogen) atoms. The third kappa shape index (κ3) is 5.14. The van der Waals surface area contributed by atoms with E-state index in [1.807, 2.05) is 24.4 Å². The lowest BCUT2D eigenvalue weighted by Gasteiger charge is -2.29. The number of hydrogen-bond acceptors (Lipinski definition) is 4. The van der Waals surface area contributed by atoms with Gasteiger partial charge in [0.2, 0.25) is 0 Å². The van der Waals surface area contributed by atoms with Gasteiger partial charge in [0.15, 0.2) is 0 Å². The molecule has 1 saturated heterocycles. The molecule has 1 aliphatic heterocycles. The van der Waals surface area contributed by atoms with Crippen LogP contribution in [-0.2, 0) is 11.3 Å². The monoisotopic (exact) mass is 466 g/mol. The van der Waals surface area contributed by atoms with Crippen LogP contribution in [-0.4, -0.2) is 41.4 Å². The van der Waals surface area contributed by atoms with Gasteiger partial charge in [-0.25, -0.2) is 4.79 Å². The lowest BCUT2D eigenvalue weighted by atomic mass is 9.97. The van der Waals surface area contributed by atoms with E-state index >= 15 is 0 Å². The first-order valence-electron chi connectivity index (χ1n) is 8.38. The SMILES string of the molecule is COC(=O)c1cn(CCC[C@H]2NCCC[C@@H]2O)c2ccc(Br)cc12.Cl.Cl. The number of aliphatic hydroxyl groups is 1. The van der Waals surface area contributed by atoms with Crippen LogP contribution in [0, 0.1) is 0 Å². The predicted octanol–water partition coefficient (Wildman–Crippen LogP) is 3.93. The van der Waals surface area contributed by atoms with E-state index in [9.17, 15) is 9.90 Å². The highest BCUT2D eigenvalue weighted by atomic mass is 79.9. The van der Waals surface area contributed by atoms with Crippen LogP contribution in [0.1, 0.15) is 36.0 Å². The molecule has 0 amide bonds. The first kappa shape index (κ1) is 23.2. The van der Waals surface area contributed by atoms with E-state index in [0.717, 1.165) is 54.1 Å². The summed E-state index contributed by atoms with van der Waals surface area (Å²) in [5.41, 5.74) is 1.61. The molecular weight excluding hydrogens is 443 g/mol. The molecular formula is C18H25BrCl2N2O3. The maximum absolute atomic E-state index is 12.0. The van der Waals surface area contributed by atoms with Gasteiger partial charge in [0.05, 0.1) is 18.8 Å². The van der Waals surface area contributed by atoms with Crippen LogP contribution in [0.25, 0.3) is 10.9 Å². The van der Waals surface area contributed by atoms with Gasteiger partial charge >= 0.3 is 5.97 Å². The fourth-order valence-electron chi connectivity index (χ4n) is 3.44. The highest BCUT2D eigenvalue weighted by Crippen LogP contribution is 2.26. The molecule has 1 aliphatic rings. The minimum atomic E-state index is -0.318. The van der Waals surface area contributed by atoms with Crippen LogP contribution in [0.3, 0.4) is 0 Å². The van der Waals surface area contributed by atoms with Crippen molar-refractivity contribution in [1.29, 1.82) is 0 Å². The number of methoxy groups -OCH3 is 1. The van der Waals surface area contributed by atoms with Crippen molar-refractivity contribution in [3.63, 3.8) is 0 Å². The van der Waals surface area contributed by atoms with Crippen LogP contribution in [0.15, 0.2) is 28.9 Å². The number of aryl methyl sites for hydroxylation is 1. The highest BCUT2D eigenvalue weighted by Gasteiger charge is 2.22. The van der Waals surface area contributed by atoms with Gasteiger partial charge in [-0.15, -0.1) is 24.8 Å². The van der Waals surface area contributed by atoms with E-state index in [0.29, 0.717) is 5.56 Å². The molecule has 3 rings (SSSR count). The first-order chi connectivity index (χ1) is 11.6. The number of aromatic nitrogens is 1. The Morgan fingerprint density at radius 2 is 2.19 bits per heavy atom. The molecule has 0 aliphatic carbocycles. The predicted molar refractivity (Wildman–Crippen MR) is 112 cm³/mol. The van der Waals surface area contributed by atoms with Gasteiger partial charge in [-0.2, -0.15) is 0 Å². The Hall–Kier alpha value is -0.790. The van der Waals surface area contributed by atoms with E-state index in [1.54, 1.807) is 0 Å². The van der Waals surface area contributed by atoms with Gasteiger partial charge in [-0.05, 0) is 50.4 Å². The highest BCUT2D eigenvalue weighted by molar-refractivity contribution is 9.10. The third-order valence-corrected chi connectivity index (χ3v) is 5.20. The molecule has 146 valence electrons. The molecule has 0 saturated carbocycles. The van der Waals surface area contributed by atoms with Gasteiger partial charge in [0.25, 0.3) is 0 Å². The minimum Gasteiger partial charge on any atom is -0.465 e. The smallest absolute Gasteiger partial charge is 0.340 e. The van der Waals surface area contributed by atoms with Crippen molar-refractivity contribution in [2.24, 2.45) is 0 Å². The fourth-order valence-corrected chi connectivity index (χ4v) is 3.80. The Balaban J connectivity index is 0.00000169. The Morgan fingerprint density at radius 3 is 2.88 bits per heavy atom. The Labute approximate surface area is 174 Å². The normalized spacial score (nSPS) is 19.5. The fraction of sp³-hybridized carbons (Fsp3) is 0.500. The largest absolute Gasteiger partial charge is 0.465 e. The molecule has 0 spiro atoms. The van der Waals surface area contributed by atoms with Crippen molar-refractivity contribution in [2.45, 2.75) is 44.4 Å². The average Bonchev–Trinajstić information content (AvgIpc) is 2.94. The zero-order chi connectivity index (χ0) is 17.1. The van der Waals surface area contributed by atoms with Crippen molar-refractivity contribution in [3.05, 3.63) is 34.4 Å². The standard InChI is InChI=1S/C18H23BrN2O3.2ClH/c1-24-18(23)14-11-21(16-7-6-12(19)10-13(14)16)9-3-4-15-17(22)5-2-8-20-15;;/h6-7,10-11,15,17,20,22H,2-5,8-9H2,1H3;2*1H/t15-,17+;;/m1../s1. The van der Waals surface area contributed by atoms with Gasteiger partial charge in [0.1, 0.15) is 0 Å². The van der Waals surface area contributed by atoms with Crippen molar-refractivity contribution < 1.29 is 14.6 Å². The Kier molecular flexibility index (Phi) is 9.41. The molecule has 2 N–H and O–H groups in total. The summed E-state index contributed by atoms with van der Waals surface area (Å²) in [6, 6.07) is 6.12. The number of aliphatic hydroxyl groups excluding tert-OH is 1. The van der Waals surface area contributed by atoms with E-state index in [1.165, 1.54) is 7.11 Å². The molecule has 8 heteroatoms. The number of fused-ring (bicyclic) bond motifs is 1. The maximum Gasteiger partial charge on any atom is 0.340 e. The van der Waals surface area contributed by atoms with E-state index in [4.69, 9.17) is 4.74 Å². The number of carbonyl (C=O) groups is 1. The summed E-state index contributed by atoms with van der Waals surface area (Å²) < 4.78 is 7.94. The van der Waals surface area contributed by atoms with Crippen molar-refractivity contribution in [2.75, 3.05) is 13.7 Å². The number of carbonyl (C=O) groups excluding carboxylic acids is 1. The summed E-state index contributed by atoms with van der Waals surface area (Å²) >= 11 is 3.46. The summed E-state index contributed by atoms with van der Waals surface area (Å²) in [6.07, 6.45) is 5.40. The summed E-state index contributed by atoms with van der Waals surface area (Å²) in [5.74, 6) is -0.318. The number of benzene rings is 1. The second-order valence-corrected chi connectivity index (χ2v) is 7.22. The van der Waals surface area contributed by atoms with Gasteiger partial charge in [-0.1, -0.05) is 15.9 Å². The molecule has 2 heterocycles. The number of nitrogens with one attached hydrogen (secondary N) is 1. The summed E-state index contributed by atoms with van der Waals surface area (Å²) in [5, 5.41) is 14.3. The number of nitrogens with zero attached hydrogens (tertiary/aromatic N) is 1. The zero-order valence-electron chi connectivity index (χ0n) is 14.6. The lowest BCUT2D eigenvalue weighted by Crippen LogP contribution is -2.44. The Bertz CT molecular complexity index is 739. The maximum atomic E-state index is 12.0. The topological polar surface area (TPSA) is 63.5 Å². The third-order valence-electron chi connectivity index (χ3n) is 4.71. The molecule has 1 aromatic carbocycles. The van der Waals surface area contributed by atoms with Gasteiger partial charge < -0.3 is 19.7 Å². The number of ether oxygens (including phenoxy) is 1. The summed E-state index contributed by atoms with van der Waals surface area (Å²) in [7, 11) is 1.40. The van der Waals surface area contributed by atoms with Crippen LogP contribution in [0.2, 0.25) is 0 Å². The molecule has 1 fully saturated rings.